The second-order valence-corrected chi connectivity index (χ2v) is 8.79. The SMILES string of the molecule is CCCOCn1ccc2c(NC3CC4C[C@@H]3N(Cc3ccccc3)C4)c(C#N)cnc21. The Labute approximate surface area is 183 Å². The Kier molecular flexibility index (Phi) is 5.63. The first-order valence-electron chi connectivity index (χ1n) is 11.3. The summed E-state index contributed by atoms with van der Waals surface area (Å²) in [4.78, 5) is 7.16. The number of anilines is 1. The van der Waals surface area contributed by atoms with Gasteiger partial charge in [-0.1, -0.05) is 37.3 Å². The lowest BCUT2D eigenvalue weighted by atomic mass is 10.0. The van der Waals surface area contributed by atoms with E-state index in [0.29, 0.717) is 24.4 Å². The summed E-state index contributed by atoms with van der Waals surface area (Å²) in [7, 11) is 0. The van der Waals surface area contributed by atoms with Crippen LogP contribution in [0.5, 0.6) is 0 Å². The van der Waals surface area contributed by atoms with Gasteiger partial charge in [-0.3, -0.25) is 4.90 Å². The highest BCUT2D eigenvalue weighted by Crippen LogP contribution is 2.41. The van der Waals surface area contributed by atoms with Gasteiger partial charge in [-0.15, -0.1) is 0 Å². The molecule has 0 amide bonds. The van der Waals surface area contributed by atoms with Gasteiger partial charge in [-0.2, -0.15) is 5.26 Å². The molecule has 2 bridgehead atoms. The maximum absolute atomic E-state index is 9.74. The van der Waals surface area contributed by atoms with Crippen LogP contribution in [-0.4, -0.2) is 39.7 Å². The molecule has 6 heteroatoms. The monoisotopic (exact) mass is 415 g/mol. The number of rotatable bonds is 8. The zero-order chi connectivity index (χ0) is 21.2. The molecule has 3 aromatic rings. The van der Waals surface area contributed by atoms with Crippen LogP contribution in [0, 0.1) is 17.2 Å². The van der Waals surface area contributed by atoms with Crippen molar-refractivity contribution in [2.24, 2.45) is 5.92 Å². The minimum Gasteiger partial charge on any atom is -0.379 e. The average Bonchev–Trinajstić information content (AvgIpc) is 3.49. The van der Waals surface area contributed by atoms with Gasteiger partial charge in [0.05, 0.1) is 11.3 Å². The van der Waals surface area contributed by atoms with Crippen molar-refractivity contribution in [3.8, 4) is 6.07 Å². The van der Waals surface area contributed by atoms with E-state index in [4.69, 9.17) is 4.74 Å². The van der Waals surface area contributed by atoms with Crippen LogP contribution in [0.4, 0.5) is 5.69 Å². The third-order valence-corrected chi connectivity index (χ3v) is 6.63. The summed E-state index contributed by atoms with van der Waals surface area (Å²) >= 11 is 0. The molecule has 1 aliphatic carbocycles. The van der Waals surface area contributed by atoms with Gasteiger partial charge in [0.25, 0.3) is 0 Å². The summed E-state index contributed by atoms with van der Waals surface area (Å²) in [5, 5.41) is 14.5. The van der Waals surface area contributed by atoms with E-state index in [-0.39, 0.29) is 0 Å². The van der Waals surface area contributed by atoms with Crippen LogP contribution in [0.25, 0.3) is 11.0 Å². The van der Waals surface area contributed by atoms with Crippen molar-refractivity contribution < 1.29 is 4.74 Å². The van der Waals surface area contributed by atoms with Crippen LogP contribution in [0.2, 0.25) is 0 Å². The zero-order valence-corrected chi connectivity index (χ0v) is 18.0. The number of piperidine rings is 1. The molecule has 1 aromatic carbocycles. The van der Waals surface area contributed by atoms with Crippen molar-refractivity contribution in [2.75, 3.05) is 18.5 Å². The first kappa shape index (κ1) is 20.0. The van der Waals surface area contributed by atoms with Crippen LogP contribution in [-0.2, 0) is 18.0 Å². The van der Waals surface area contributed by atoms with Crippen LogP contribution in [0.1, 0.15) is 37.3 Å². The molecule has 2 fully saturated rings. The smallest absolute Gasteiger partial charge is 0.143 e. The van der Waals surface area contributed by atoms with E-state index in [1.807, 2.05) is 10.8 Å². The van der Waals surface area contributed by atoms with Crippen molar-refractivity contribution in [3.05, 3.63) is 59.9 Å². The molecular weight excluding hydrogens is 386 g/mol. The summed E-state index contributed by atoms with van der Waals surface area (Å²) in [6, 6.07) is 15.9. The standard InChI is InChI=1S/C25H29N5O/c1-2-10-31-17-29-9-8-21-24(20(13-26)14-27-25(21)29)28-22-11-19-12-23(22)30(16-19)15-18-6-4-3-5-7-18/h3-9,14,19,22-23H,2,10-12,15-17H2,1H3,(H,27,28)/t19?,22?,23-/m0/s1. The Morgan fingerprint density at radius 3 is 2.87 bits per heavy atom. The lowest BCUT2D eigenvalue weighted by Crippen LogP contribution is -2.44. The van der Waals surface area contributed by atoms with Crippen LogP contribution < -0.4 is 5.32 Å². The van der Waals surface area contributed by atoms with Gasteiger partial charge in [0.15, 0.2) is 0 Å². The lowest BCUT2D eigenvalue weighted by molar-refractivity contribution is 0.0801. The molecular formula is C25H29N5O. The average molecular weight is 416 g/mol. The van der Waals surface area contributed by atoms with Gasteiger partial charge in [0.2, 0.25) is 0 Å². The van der Waals surface area contributed by atoms with Gasteiger partial charge >= 0.3 is 0 Å². The third-order valence-electron chi connectivity index (χ3n) is 6.63. The summed E-state index contributed by atoms with van der Waals surface area (Å²) in [6.07, 6.45) is 7.07. The summed E-state index contributed by atoms with van der Waals surface area (Å²) < 4.78 is 7.72. The van der Waals surface area contributed by atoms with Crippen molar-refractivity contribution in [2.45, 2.75) is 51.5 Å². The fourth-order valence-electron chi connectivity index (χ4n) is 5.27. The summed E-state index contributed by atoms with van der Waals surface area (Å²) in [5.41, 5.74) is 3.75. The third kappa shape index (κ3) is 3.91. The fraction of sp³-hybridized carbons (Fsp3) is 0.440. The second kappa shape index (κ2) is 8.70. The molecule has 6 nitrogen and oxygen atoms in total. The predicted molar refractivity (Wildman–Crippen MR) is 121 cm³/mol. The molecule has 0 radical (unpaired) electrons. The van der Waals surface area contributed by atoms with Gasteiger partial charge in [0.1, 0.15) is 18.4 Å². The lowest BCUT2D eigenvalue weighted by Gasteiger charge is -2.34. The van der Waals surface area contributed by atoms with Gasteiger partial charge < -0.3 is 14.6 Å². The van der Waals surface area contributed by atoms with Crippen LogP contribution in [0.15, 0.2) is 48.8 Å². The molecule has 1 aliphatic heterocycles. The Hall–Kier alpha value is -2.88. The van der Waals surface area contributed by atoms with Crippen molar-refractivity contribution in [1.82, 2.24) is 14.5 Å². The van der Waals surface area contributed by atoms with Crippen molar-refractivity contribution in [1.29, 1.82) is 5.26 Å². The van der Waals surface area contributed by atoms with E-state index in [9.17, 15) is 5.26 Å². The zero-order valence-electron chi connectivity index (χ0n) is 18.0. The molecule has 2 aromatic heterocycles. The van der Waals surface area contributed by atoms with Gasteiger partial charge in [-0.25, -0.2) is 4.98 Å². The number of nitriles is 1. The maximum Gasteiger partial charge on any atom is 0.143 e. The largest absolute Gasteiger partial charge is 0.379 e. The van der Waals surface area contributed by atoms with Crippen LogP contribution >= 0.6 is 0 Å². The number of benzene rings is 1. The number of fused-ring (bicyclic) bond motifs is 3. The number of likely N-dealkylation sites (tertiary alicyclic amines) is 1. The number of ether oxygens (including phenoxy) is 1. The van der Waals surface area contributed by atoms with Gasteiger partial charge in [-0.05, 0) is 36.8 Å². The number of nitrogens with one attached hydrogen (secondary N) is 1. The molecule has 3 atom stereocenters. The second-order valence-electron chi connectivity index (χ2n) is 8.79. The Morgan fingerprint density at radius 2 is 2.10 bits per heavy atom. The molecule has 1 saturated heterocycles. The molecule has 31 heavy (non-hydrogen) atoms. The minimum atomic E-state index is 0.347. The Morgan fingerprint density at radius 1 is 1.23 bits per heavy atom. The molecule has 2 aliphatic rings. The number of hydrogen-bond acceptors (Lipinski definition) is 5. The number of pyridine rings is 1. The van der Waals surface area contributed by atoms with Crippen molar-refractivity contribution >= 4 is 16.7 Å². The first-order valence-corrected chi connectivity index (χ1v) is 11.3. The quantitative estimate of drug-likeness (QED) is 0.554. The van der Waals surface area contributed by atoms with E-state index < -0.39 is 0 Å². The van der Waals surface area contributed by atoms with Gasteiger partial charge in [0, 0.05) is 49.6 Å². The number of aromatic nitrogens is 2. The van der Waals surface area contributed by atoms with E-state index in [1.165, 1.54) is 18.5 Å². The normalized spacial score (nSPS) is 22.8. The highest BCUT2D eigenvalue weighted by molar-refractivity contribution is 5.93. The highest BCUT2D eigenvalue weighted by atomic mass is 16.5. The number of nitrogens with zero attached hydrogens (tertiary/aromatic N) is 4. The summed E-state index contributed by atoms with van der Waals surface area (Å²) in [6.45, 7) is 5.46. The van der Waals surface area contributed by atoms with E-state index >= 15 is 0 Å². The molecule has 3 heterocycles. The molecule has 160 valence electrons. The Bertz CT molecular complexity index is 1090. The molecule has 0 spiro atoms. The number of hydrogen-bond donors (Lipinski definition) is 1. The van der Waals surface area contributed by atoms with Crippen LogP contribution in [0.3, 0.4) is 0 Å². The molecule has 5 rings (SSSR count). The van der Waals surface area contributed by atoms with E-state index in [2.05, 4.69) is 64.6 Å². The molecule has 1 saturated carbocycles. The Balaban J connectivity index is 1.38. The summed E-state index contributed by atoms with van der Waals surface area (Å²) in [5.74, 6) is 0.723. The highest BCUT2D eigenvalue weighted by Gasteiger charge is 2.45. The first-order chi connectivity index (χ1) is 15.3. The topological polar surface area (TPSA) is 66.1 Å². The fourth-order valence-corrected chi connectivity index (χ4v) is 5.27. The molecule has 1 N–H and O–H groups in total. The minimum absolute atomic E-state index is 0.347. The maximum atomic E-state index is 9.74. The van der Waals surface area contributed by atoms with E-state index in [0.717, 1.165) is 48.6 Å². The predicted octanol–water partition coefficient (Wildman–Crippen LogP) is 4.37. The van der Waals surface area contributed by atoms with Crippen molar-refractivity contribution in [3.63, 3.8) is 0 Å². The van der Waals surface area contributed by atoms with E-state index in [1.54, 1.807) is 6.20 Å². The molecule has 2 unspecified atom stereocenters.